The maximum Gasteiger partial charge on any atom is 0.162 e. The molecule has 3 rings (SSSR count). The molecule has 0 aliphatic carbocycles. The minimum atomic E-state index is 0.755. The van der Waals surface area contributed by atoms with Crippen molar-refractivity contribution in [1.29, 1.82) is 0 Å². The summed E-state index contributed by atoms with van der Waals surface area (Å²) < 4.78 is 0. The Balaban J connectivity index is 2.19. The zero-order valence-electron chi connectivity index (χ0n) is 12.3. The Labute approximate surface area is 128 Å². The van der Waals surface area contributed by atoms with Crippen molar-refractivity contribution in [3.05, 3.63) is 48.0 Å². The van der Waals surface area contributed by atoms with Crippen LogP contribution in [0.5, 0.6) is 0 Å². The molecular weight excluding hydrogens is 278 g/mol. The molecule has 3 aromatic rings. The molecule has 1 aromatic heterocycles. The predicted octanol–water partition coefficient (Wildman–Crippen LogP) is 4.37. The second kappa shape index (κ2) is 5.74. The molecule has 0 bridgehead atoms. The first-order chi connectivity index (χ1) is 10.2. The smallest absolute Gasteiger partial charge is 0.162 e. The lowest BCUT2D eigenvalue weighted by Gasteiger charge is -2.10. The van der Waals surface area contributed by atoms with Gasteiger partial charge in [0.05, 0.1) is 5.52 Å². The number of aryl methyl sites for hydroxylation is 1. The van der Waals surface area contributed by atoms with Crippen molar-refractivity contribution >= 4 is 28.5 Å². The maximum atomic E-state index is 4.71. The number of fused-ring (bicyclic) bond motifs is 1. The van der Waals surface area contributed by atoms with E-state index in [0.717, 1.165) is 28.1 Å². The van der Waals surface area contributed by atoms with E-state index in [1.807, 2.05) is 19.2 Å². The summed E-state index contributed by atoms with van der Waals surface area (Å²) in [6.07, 6.45) is 2.07. The Hall–Kier alpha value is -2.07. The van der Waals surface area contributed by atoms with Gasteiger partial charge in [-0.15, -0.1) is 11.8 Å². The lowest BCUT2D eigenvalue weighted by atomic mass is 10.1. The van der Waals surface area contributed by atoms with Crippen molar-refractivity contribution in [1.82, 2.24) is 9.97 Å². The molecule has 0 aliphatic heterocycles. The van der Waals surface area contributed by atoms with Crippen LogP contribution in [-0.2, 0) is 0 Å². The van der Waals surface area contributed by atoms with E-state index in [9.17, 15) is 0 Å². The van der Waals surface area contributed by atoms with Crippen LogP contribution in [0.1, 0.15) is 5.56 Å². The number of hydrogen-bond acceptors (Lipinski definition) is 4. The van der Waals surface area contributed by atoms with Crippen molar-refractivity contribution < 1.29 is 0 Å². The quantitative estimate of drug-likeness (QED) is 0.728. The summed E-state index contributed by atoms with van der Waals surface area (Å²) in [4.78, 5) is 10.6. The minimum absolute atomic E-state index is 0.755. The van der Waals surface area contributed by atoms with Gasteiger partial charge < -0.3 is 5.32 Å². The van der Waals surface area contributed by atoms with Gasteiger partial charge in [-0.1, -0.05) is 24.3 Å². The van der Waals surface area contributed by atoms with Gasteiger partial charge in [-0.2, -0.15) is 0 Å². The Bertz CT molecular complexity index is 782. The molecule has 1 heterocycles. The molecule has 0 atom stereocenters. The molecule has 0 saturated heterocycles. The number of rotatable bonds is 3. The van der Waals surface area contributed by atoms with Crippen LogP contribution in [0.3, 0.4) is 0 Å². The summed E-state index contributed by atoms with van der Waals surface area (Å²) in [7, 11) is 1.90. The van der Waals surface area contributed by atoms with E-state index in [1.165, 1.54) is 10.5 Å². The summed E-state index contributed by atoms with van der Waals surface area (Å²) in [5.74, 6) is 1.63. The first-order valence-electron chi connectivity index (χ1n) is 6.82. The second-order valence-electron chi connectivity index (χ2n) is 4.84. The second-order valence-corrected chi connectivity index (χ2v) is 5.72. The number of aromatic nitrogens is 2. The molecule has 0 radical (unpaired) electrons. The third-order valence-corrected chi connectivity index (χ3v) is 4.26. The number of benzene rings is 2. The van der Waals surface area contributed by atoms with E-state index in [1.54, 1.807) is 11.8 Å². The van der Waals surface area contributed by atoms with Gasteiger partial charge in [-0.05, 0) is 36.9 Å². The van der Waals surface area contributed by atoms with Crippen LogP contribution in [0.2, 0.25) is 0 Å². The number of nitrogens with zero attached hydrogens (tertiary/aromatic N) is 2. The number of hydrogen-bond donors (Lipinski definition) is 1. The van der Waals surface area contributed by atoms with Gasteiger partial charge in [0.2, 0.25) is 0 Å². The summed E-state index contributed by atoms with van der Waals surface area (Å²) >= 11 is 1.73. The zero-order chi connectivity index (χ0) is 14.8. The monoisotopic (exact) mass is 295 g/mol. The van der Waals surface area contributed by atoms with Crippen LogP contribution >= 0.6 is 11.8 Å². The summed E-state index contributed by atoms with van der Waals surface area (Å²) in [5, 5.41) is 4.28. The van der Waals surface area contributed by atoms with Crippen LogP contribution in [0, 0.1) is 6.92 Å². The van der Waals surface area contributed by atoms with E-state index >= 15 is 0 Å². The highest BCUT2D eigenvalue weighted by molar-refractivity contribution is 7.98. The minimum Gasteiger partial charge on any atom is -0.373 e. The van der Waals surface area contributed by atoms with Gasteiger partial charge in [-0.3, -0.25) is 0 Å². The van der Waals surface area contributed by atoms with Gasteiger partial charge in [-0.25, -0.2) is 9.97 Å². The molecule has 0 saturated carbocycles. The highest BCUT2D eigenvalue weighted by Crippen LogP contribution is 2.28. The van der Waals surface area contributed by atoms with Gasteiger partial charge in [0, 0.05) is 22.9 Å². The normalized spacial score (nSPS) is 10.8. The number of anilines is 1. The summed E-state index contributed by atoms with van der Waals surface area (Å²) in [6.45, 7) is 2.08. The summed E-state index contributed by atoms with van der Waals surface area (Å²) in [5.41, 5.74) is 3.19. The topological polar surface area (TPSA) is 37.8 Å². The molecule has 0 aliphatic rings. The SMILES string of the molecule is CNc1nc(-c2ccc(SC)cc2)nc2cccc(C)c12. The molecule has 0 fully saturated rings. The molecule has 21 heavy (non-hydrogen) atoms. The van der Waals surface area contributed by atoms with Crippen molar-refractivity contribution in [3.8, 4) is 11.4 Å². The number of nitrogens with one attached hydrogen (secondary N) is 1. The molecule has 106 valence electrons. The average molecular weight is 295 g/mol. The van der Waals surface area contributed by atoms with Crippen LogP contribution in [-0.4, -0.2) is 23.3 Å². The van der Waals surface area contributed by atoms with Crippen LogP contribution in [0.4, 0.5) is 5.82 Å². The Kier molecular flexibility index (Phi) is 3.80. The zero-order valence-corrected chi connectivity index (χ0v) is 13.2. The van der Waals surface area contributed by atoms with Crippen LogP contribution in [0.25, 0.3) is 22.3 Å². The lowest BCUT2D eigenvalue weighted by molar-refractivity contribution is 1.20. The first-order valence-corrected chi connectivity index (χ1v) is 8.05. The summed E-state index contributed by atoms with van der Waals surface area (Å²) in [6, 6.07) is 14.5. The molecule has 2 aromatic carbocycles. The van der Waals surface area contributed by atoms with E-state index in [0.29, 0.717) is 0 Å². The molecule has 0 amide bonds. The highest BCUT2D eigenvalue weighted by atomic mass is 32.2. The fourth-order valence-electron chi connectivity index (χ4n) is 2.40. The highest BCUT2D eigenvalue weighted by Gasteiger charge is 2.10. The third kappa shape index (κ3) is 2.59. The molecule has 0 spiro atoms. The fourth-order valence-corrected chi connectivity index (χ4v) is 2.81. The van der Waals surface area contributed by atoms with E-state index in [2.05, 4.69) is 53.8 Å². The molecule has 1 N–H and O–H groups in total. The third-order valence-electron chi connectivity index (χ3n) is 3.52. The Morgan fingerprint density at radius 3 is 2.43 bits per heavy atom. The number of thioether (sulfide) groups is 1. The van der Waals surface area contributed by atoms with Crippen molar-refractivity contribution in [3.63, 3.8) is 0 Å². The standard InChI is InChI=1S/C17H17N3S/c1-11-5-4-6-14-15(11)17(18-2)20-16(19-14)12-7-9-13(21-3)10-8-12/h4-10H,1-3H3,(H,18,19,20). The predicted molar refractivity (Wildman–Crippen MR) is 91.0 cm³/mol. The van der Waals surface area contributed by atoms with Gasteiger partial charge in [0.25, 0.3) is 0 Å². The van der Waals surface area contributed by atoms with Crippen molar-refractivity contribution in [2.75, 3.05) is 18.6 Å². The largest absolute Gasteiger partial charge is 0.373 e. The maximum absolute atomic E-state index is 4.71. The van der Waals surface area contributed by atoms with Crippen LogP contribution in [0.15, 0.2) is 47.4 Å². The lowest BCUT2D eigenvalue weighted by Crippen LogP contribution is -1.99. The Morgan fingerprint density at radius 1 is 1.00 bits per heavy atom. The van der Waals surface area contributed by atoms with Gasteiger partial charge in [0.15, 0.2) is 5.82 Å². The van der Waals surface area contributed by atoms with Gasteiger partial charge in [0.1, 0.15) is 5.82 Å². The fraction of sp³-hybridized carbons (Fsp3) is 0.176. The molecule has 0 unspecified atom stereocenters. The van der Waals surface area contributed by atoms with E-state index in [-0.39, 0.29) is 0 Å². The first kappa shape index (κ1) is 13.9. The molecule has 3 nitrogen and oxygen atoms in total. The van der Waals surface area contributed by atoms with Gasteiger partial charge >= 0.3 is 0 Å². The molecule has 4 heteroatoms. The van der Waals surface area contributed by atoms with E-state index < -0.39 is 0 Å². The van der Waals surface area contributed by atoms with Crippen molar-refractivity contribution in [2.45, 2.75) is 11.8 Å². The van der Waals surface area contributed by atoms with E-state index in [4.69, 9.17) is 4.98 Å². The average Bonchev–Trinajstić information content (AvgIpc) is 2.54. The molecular formula is C17H17N3S. The van der Waals surface area contributed by atoms with Crippen molar-refractivity contribution in [2.24, 2.45) is 0 Å². The van der Waals surface area contributed by atoms with Crippen LogP contribution < -0.4 is 5.32 Å². The Morgan fingerprint density at radius 2 is 1.76 bits per heavy atom.